The first kappa shape index (κ1) is 103. The first-order chi connectivity index (χ1) is 68.6. The van der Waals surface area contributed by atoms with E-state index < -0.39 is 282 Å². The van der Waals surface area contributed by atoms with Crippen LogP contribution in [0, 0.1) is 0 Å². The van der Waals surface area contributed by atoms with Crippen molar-refractivity contribution in [2.45, 2.75) is 98.6 Å². The minimum absolute atomic E-state index is 0.0340. The van der Waals surface area contributed by atoms with E-state index in [0.717, 1.165) is 143 Å². The van der Waals surface area contributed by atoms with Crippen LogP contribution in [0.4, 0.5) is 34.1 Å². The molecule has 0 fully saturated rings. The molecule has 2 aliphatic rings. The van der Waals surface area contributed by atoms with Crippen LogP contribution in [0.2, 0.25) is 0 Å². The van der Waals surface area contributed by atoms with Crippen molar-refractivity contribution in [2.75, 3.05) is 28.7 Å². The molecule has 0 aromatic heterocycles. The Hall–Kier alpha value is -14.6. The maximum atomic E-state index is 17.5. The first-order valence-corrected chi connectivity index (χ1v) is 54.6. The van der Waals surface area contributed by atoms with Crippen molar-refractivity contribution in [3.05, 3.63) is 275 Å². The number of benzene rings is 15. The second-order valence-corrected chi connectivity index (χ2v) is 45.5. The fourth-order valence-corrected chi connectivity index (χ4v) is 22.2. The predicted molar refractivity (Wildman–Crippen MR) is 537 cm³/mol. The molecule has 42 nitrogen and oxygen atoms in total. The number of carbonyl (C=O) groups is 4. The molecule has 4 amide bonds. The highest BCUT2D eigenvalue weighted by Crippen LogP contribution is 2.61. The van der Waals surface area contributed by atoms with Gasteiger partial charge in [-0.3, -0.25) is 56.3 Å². The van der Waals surface area contributed by atoms with Gasteiger partial charge in [-0.15, -0.1) is 0 Å². The van der Waals surface area contributed by atoms with Gasteiger partial charge in [-0.25, -0.2) is 9.80 Å². The standard InChI is InChI=1S/C96H82N10O32S8/c1-47(2)63-23-13-24-64(48(3)4)91(63)105-93(107)71-43-79(131-75-31-27-57(103-145(125,126)127)39-67(75)51-15-9-19-55(35-51)101-143(119,120)121)85-86-80(132-76-32-28-58(104-146(128,129)130)40-68(76)52-16-10-20-56(36-52)102-144(122,123)124)44-72-84-74(96(110)106(94(72)108)92-65(49(5)6)25-14-26-66(92)50(7)8)46-82(134-78-34-30-62(142(117,118)138-100)42-70(78)54-18-12-22-60(38-54)140(113,114)136-98)88(90(84)86)87-81(45-73(95(105)109)83(71)89(85)87)133-77-33-29-61(141(115,116)137-99)41-69(77)53-17-11-21-59(37-53)139(111,112)135-97/h9-50,101-104H,97-100H2,1-8H3,(H,119,120,121)(H,122,123,124)(H,125,126,127)(H,128,129,130). The maximum Gasteiger partial charge on any atom is 0.357 e. The molecule has 0 saturated heterocycles. The molecule has 2 heterocycles. The summed E-state index contributed by atoms with van der Waals surface area (Å²) in [7, 11) is -40.8. The third-order valence-electron chi connectivity index (χ3n) is 24.1. The summed E-state index contributed by atoms with van der Waals surface area (Å²) in [4.78, 5) is 68.7. The minimum atomic E-state index is -5.25. The molecular formula is C96H82N10O32S8. The Balaban J connectivity index is 1.17. The molecule has 146 heavy (non-hydrogen) atoms. The second kappa shape index (κ2) is 38.1. The van der Waals surface area contributed by atoms with Gasteiger partial charge in [0.05, 0.1) is 76.0 Å². The summed E-state index contributed by atoms with van der Waals surface area (Å²) >= 11 is 0. The van der Waals surface area contributed by atoms with E-state index in [2.05, 4.69) is 17.1 Å². The van der Waals surface area contributed by atoms with Crippen molar-refractivity contribution in [1.29, 1.82) is 0 Å². The van der Waals surface area contributed by atoms with Crippen molar-refractivity contribution in [3.63, 3.8) is 0 Å². The van der Waals surface area contributed by atoms with Crippen LogP contribution in [0.1, 0.15) is 143 Å². The summed E-state index contributed by atoms with van der Waals surface area (Å²) in [5.74, 6) is 10.4. The monoisotopic (exact) mass is 2140 g/mol. The normalized spacial score (nSPS) is 13.5. The largest absolute Gasteiger partial charge is 0.456 e. The Morgan fingerprint density at radius 1 is 0.240 bits per heavy atom. The molecule has 15 aromatic rings. The summed E-state index contributed by atoms with van der Waals surface area (Å²) in [6.07, 6.45) is 0. The molecule has 16 N–H and O–H groups in total. The number of rotatable bonds is 34. The molecule has 0 radical (unpaired) electrons. The van der Waals surface area contributed by atoms with Crippen LogP contribution in [0.5, 0.6) is 46.0 Å². The van der Waals surface area contributed by atoms with Gasteiger partial charge in [0, 0.05) is 65.3 Å². The average molecular weight is 2140 g/mol. The number of nitrogens with two attached hydrogens (primary N) is 4. The van der Waals surface area contributed by atoms with Crippen LogP contribution in [-0.4, -0.2) is 109 Å². The van der Waals surface area contributed by atoms with Crippen LogP contribution < -0.4 is 71.2 Å². The second-order valence-electron chi connectivity index (χ2n) is 34.6. The summed E-state index contributed by atoms with van der Waals surface area (Å²) in [6.45, 7) is 14.2. The van der Waals surface area contributed by atoms with E-state index in [0.29, 0.717) is 22.3 Å². The van der Waals surface area contributed by atoms with Crippen LogP contribution in [0.15, 0.2) is 250 Å². The smallest absolute Gasteiger partial charge is 0.357 e. The molecule has 0 unspecified atom stereocenters. The Kier molecular flexibility index (Phi) is 26.8. The van der Waals surface area contributed by atoms with E-state index in [1.807, 2.05) is 18.9 Å². The summed E-state index contributed by atoms with van der Waals surface area (Å²) in [5.41, 5.74) is -4.06. The highest BCUT2D eigenvalue weighted by atomic mass is 32.3. The molecule has 17 rings (SSSR count). The fourth-order valence-electron chi connectivity index (χ4n) is 18.0. The van der Waals surface area contributed by atoms with Gasteiger partial charge in [0.15, 0.2) is 0 Å². The lowest BCUT2D eigenvalue weighted by Crippen LogP contribution is -2.42. The number of nitrogens with zero attached hydrogens (tertiary/aromatic N) is 2. The highest BCUT2D eigenvalue weighted by Gasteiger charge is 2.46. The van der Waals surface area contributed by atoms with Gasteiger partial charge >= 0.3 is 81.7 Å². The minimum Gasteiger partial charge on any atom is -0.456 e. The number of para-hydroxylation sites is 2. The van der Waals surface area contributed by atoms with Crippen molar-refractivity contribution >= 4 is 183 Å². The summed E-state index contributed by atoms with van der Waals surface area (Å²) in [6, 6.07) is 45.9. The number of amides is 4. The third kappa shape index (κ3) is 19.7. The lowest BCUT2D eigenvalue weighted by molar-refractivity contribution is 0.0877. The van der Waals surface area contributed by atoms with Gasteiger partial charge in [0.25, 0.3) is 23.6 Å². The van der Waals surface area contributed by atoms with Gasteiger partial charge < -0.3 is 18.9 Å². The summed E-state index contributed by atoms with van der Waals surface area (Å²) in [5, 5.41) is -3.58. The van der Waals surface area contributed by atoms with E-state index in [-0.39, 0.29) is 56.1 Å². The highest BCUT2D eigenvalue weighted by molar-refractivity contribution is 7.88. The average Bonchev–Trinajstić information content (AvgIpc) is 0.666. The van der Waals surface area contributed by atoms with E-state index in [1.165, 1.54) is 60.7 Å². The SMILES string of the molecule is CC(C)c1cccc(C(C)C)c1N1C(=O)c2cc(Oc3ccc(NS(=O)(=O)O)cc3-c3cccc(NS(=O)(=O)O)c3)c3c4c(Oc5ccc(NS(=O)(=O)O)cc5-c5cccc(NS(=O)(=O)O)c5)cc5c6c(cc(Oc7ccc(S(=O)(=O)ON)cc7-c7cccc(S(=O)(=O)ON)c7)c(c7c(Oc8ccc(S(=O)(=O)ON)cc8-c8cccc(S(=O)(=O)ON)c8)cc(c2c37)C1=O)c64)C(=O)N(c1c(C(C)C)cccc1C(C)C)C5=O. The maximum absolute atomic E-state index is 17.5. The van der Waals surface area contributed by atoms with Gasteiger partial charge in [0.1, 0.15) is 46.0 Å². The first-order valence-electron chi connectivity index (χ1n) is 43.2. The Bertz CT molecular complexity index is 8580. The van der Waals surface area contributed by atoms with Crippen LogP contribution in [-0.2, 0) is 98.8 Å². The van der Waals surface area contributed by atoms with Crippen molar-refractivity contribution in [2.24, 2.45) is 23.6 Å². The van der Waals surface area contributed by atoms with Gasteiger partial charge in [0.2, 0.25) is 0 Å². The van der Waals surface area contributed by atoms with Crippen LogP contribution >= 0.6 is 0 Å². The lowest BCUT2D eigenvalue weighted by Gasteiger charge is -2.35. The number of imide groups is 2. The molecule has 0 spiro atoms. The number of carbonyl (C=O) groups excluding carboxylic acids is 4. The number of fused-ring (bicyclic) bond motifs is 2. The molecule has 0 aliphatic carbocycles. The zero-order valence-electron chi connectivity index (χ0n) is 76.9. The topological polar surface area (TPSA) is 655 Å². The molecule has 0 saturated carbocycles. The molecule has 15 aromatic carbocycles. The van der Waals surface area contributed by atoms with E-state index in [4.69, 9.17) is 42.5 Å². The lowest BCUT2D eigenvalue weighted by atomic mass is 9.80. The third-order valence-corrected chi connectivity index (χ3v) is 30.4. The van der Waals surface area contributed by atoms with Crippen molar-refractivity contribution < 1.29 is 141 Å². The van der Waals surface area contributed by atoms with Crippen molar-refractivity contribution in [1.82, 2.24) is 0 Å². The van der Waals surface area contributed by atoms with E-state index in [1.54, 1.807) is 91.8 Å². The quantitative estimate of drug-likeness (QED) is 0.00586. The van der Waals surface area contributed by atoms with Gasteiger partial charge in [-0.05, 0) is 214 Å². The number of hydrogen-bond acceptors (Lipinski definition) is 32. The molecule has 0 atom stereocenters. The van der Waals surface area contributed by atoms with Crippen LogP contribution in [0.25, 0.3) is 87.6 Å². The molecule has 50 heteroatoms. The molecule has 2 aliphatic heterocycles. The Morgan fingerprint density at radius 2 is 0.466 bits per heavy atom. The number of hydrogen-bond donors (Lipinski definition) is 12. The Labute approximate surface area is 833 Å². The number of anilines is 6. The van der Waals surface area contributed by atoms with Crippen molar-refractivity contribution in [3.8, 4) is 90.5 Å². The van der Waals surface area contributed by atoms with E-state index >= 15 is 19.2 Å². The fraction of sp³-hybridized carbons (Fsp3) is 0.125. The van der Waals surface area contributed by atoms with Gasteiger partial charge in [-0.1, -0.05) is 140 Å². The number of ether oxygens (including phenoxy) is 4. The summed E-state index contributed by atoms with van der Waals surface area (Å²) < 4.78 is 312. The molecule has 0 bridgehead atoms. The van der Waals surface area contributed by atoms with E-state index in [9.17, 15) is 85.6 Å². The Morgan fingerprint density at radius 3 is 0.719 bits per heavy atom. The van der Waals surface area contributed by atoms with Crippen LogP contribution in [0.3, 0.4) is 0 Å². The zero-order valence-corrected chi connectivity index (χ0v) is 83.5. The predicted octanol–water partition coefficient (Wildman–Crippen LogP) is 16.8. The molecule has 756 valence electrons. The number of nitrogens with one attached hydrogen (secondary N) is 4. The zero-order chi connectivity index (χ0) is 105. The van der Waals surface area contributed by atoms with Gasteiger partial charge in [-0.2, -0.15) is 108 Å². The molecular weight excluding hydrogens is 2060 g/mol.